The molecule has 0 amide bonds. The van der Waals surface area contributed by atoms with Crippen LogP contribution in [0, 0.1) is 5.92 Å². The van der Waals surface area contributed by atoms with Crippen LogP contribution in [0.15, 0.2) is 0 Å². The average Bonchev–Trinajstić information content (AvgIpc) is 2.16. The van der Waals surface area contributed by atoms with E-state index in [9.17, 15) is 8.42 Å². The van der Waals surface area contributed by atoms with E-state index in [0.717, 1.165) is 19.5 Å². The van der Waals surface area contributed by atoms with Crippen LogP contribution in [0.25, 0.3) is 0 Å². The van der Waals surface area contributed by atoms with Crippen molar-refractivity contribution in [1.82, 2.24) is 4.90 Å². The highest BCUT2D eigenvalue weighted by atomic mass is 32.2. The Bertz CT molecular complexity index is 303. The summed E-state index contributed by atoms with van der Waals surface area (Å²) >= 11 is 0. The Morgan fingerprint density at radius 1 is 1.44 bits per heavy atom. The molecule has 0 aromatic heterocycles. The van der Waals surface area contributed by atoms with Gasteiger partial charge in [-0.3, -0.25) is 4.90 Å². The molecule has 0 radical (unpaired) electrons. The van der Waals surface area contributed by atoms with Gasteiger partial charge < -0.3 is 5.73 Å². The largest absolute Gasteiger partial charge is 0.329 e. The van der Waals surface area contributed by atoms with Crippen LogP contribution in [0.2, 0.25) is 0 Å². The molecule has 1 aliphatic heterocycles. The second-order valence-electron chi connectivity index (χ2n) is 4.94. The normalized spacial score (nSPS) is 28.2. The van der Waals surface area contributed by atoms with Crippen molar-refractivity contribution in [2.24, 2.45) is 11.7 Å². The molecule has 16 heavy (non-hydrogen) atoms. The third-order valence-electron chi connectivity index (χ3n) is 3.43. The van der Waals surface area contributed by atoms with Crippen molar-refractivity contribution in [3.63, 3.8) is 0 Å². The van der Waals surface area contributed by atoms with Crippen molar-refractivity contribution >= 4 is 9.84 Å². The number of rotatable bonds is 5. The SMILES string of the molecule is CC1CCCN(CCCS(C)(=O)=O)C1CN. The van der Waals surface area contributed by atoms with Crippen LogP contribution in [0.1, 0.15) is 26.2 Å². The molecule has 0 bridgehead atoms. The predicted octanol–water partition coefficient (Wildman–Crippen LogP) is 0.480. The van der Waals surface area contributed by atoms with Gasteiger partial charge in [0.05, 0.1) is 5.75 Å². The van der Waals surface area contributed by atoms with Gasteiger partial charge in [0.25, 0.3) is 0 Å². The minimum absolute atomic E-state index is 0.287. The summed E-state index contributed by atoms with van der Waals surface area (Å²) in [5.74, 6) is 0.923. The van der Waals surface area contributed by atoms with E-state index >= 15 is 0 Å². The van der Waals surface area contributed by atoms with E-state index in [4.69, 9.17) is 5.73 Å². The van der Waals surface area contributed by atoms with Gasteiger partial charge in [0.2, 0.25) is 0 Å². The minimum atomic E-state index is -2.82. The van der Waals surface area contributed by atoms with Crippen molar-refractivity contribution in [3.05, 3.63) is 0 Å². The van der Waals surface area contributed by atoms with Gasteiger partial charge in [-0.2, -0.15) is 0 Å². The smallest absolute Gasteiger partial charge is 0.147 e. The lowest BCUT2D eigenvalue weighted by atomic mass is 9.91. The van der Waals surface area contributed by atoms with Gasteiger partial charge in [0, 0.05) is 18.8 Å². The van der Waals surface area contributed by atoms with Crippen LogP contribution < -0.4 is 5.73 Å². The first kappa shape index (κ1) is 13.9. The van der Waals surface area contributed by atoms with Crippen LogP contribution in [-0.4, -0.2) is 51.0 Å². The van der Waals surface area contributed by atoms with Crippen molar-refractivity contribution in [3.8, 4) is 0 Å². The molecule has 4 nitrogen and oxygen atoms in total. The van der Waals surface area contributed by atoms with Gasteiger partial charge in [0.1, 0.15) is 9.84 Å². The number of nitrogens with zero attached hydrogens (tertiary/aromatic N) is 1. The Morgan fingerprint density at radius 3 is 2.69 bits per heavy atom. The molecular weight excluding hydrogens is 224 g/mol. The Morgan fingerprint density at radius 2 is 2.12 bits per heavy atom. The number of piperidine rings is 1. The standard InChI is InChI=1S/C11H24N2O2S/c1-10-5-3-6-13(11(10)9-12)7-4-8-16(2,14)15/h10-11H,3-9,12H2,1-2H3. The van der Waals surface area contributed by atoms with Gasteiger partial charge in [-0.05, 0) is 38.3 Å². The van der Waals surface area contributed by atoms with Crippen LogP contribution in [0.5, 0.6) is 0 Å². The molecule has 5 heteroatoms. The first-order valence-corrected chi connectivity index (χ1v) is 8.12. The van der Waals surface area contributed by atoms with Crippen molar-refractivity contribution in [2.75, 3.05) is 31.6 Å². The van der Waals surface area contributed by atoms with Gasteiger partial charge in [-0.15, -0.1) is 0 Å². The van der Waals surface area contributed by atoms with E-state index in [-0.39, 0.29) is 5.75 Å². The topological polar surface area (TPSA) is 63.4 Å². The zero-order valence-corrected chi connectivity index (χ0v) is 11.2. The second-order valence-corrected chi connectivity index (χ2v) is 7.20. The van der Waals surface area contributed by atoms with E-state index in [1.807, 2.05) is 0 Å². The number of nitrogens with two attached hydrogens (primary N) is 1. The lowest BCUT2D eigenvalue weighted by Crippen LogP contribution is -2.49. The second kappa shape index (κ2) is 5.98. The third-order valence-corrected chi connectivity index (χ3v) is 4.46. The van der Waals surface area contributed by atoms with Gasteiger partial charge >= 0.3 is 0 Å². The van der Waals surface area contributed by atoms with Crippen molar-refractivity contribution < 1.29 is 8.42 Å². The lowest BCUT2D eigenvalue weighted by molar-refractivity contribution is 0.107. The molecule has 0 aliphatic carbocycles. The number of hydrogen-bond donors (Lipinski definition) is 1. The average molecular weight is 248 g/mol. The quantitative estimate of drug-likeness (QED) is 0.768. The summed E-state index contributed by atoms with van der Waals surface area (Å²) in [5.41, 5.74) is 5.78. The van der Waals surface area contributed by atoms with E-state index in [1.54, 1.807) is 0 Å². The Balaban J connectivity index is 2.39. The highest BCUT2D eigenvalue weighted by Gasteiger charge is 2.26. The fraction of sp³-hybridized carbons (Fsp3) is 1.00. The molecule has 1 heterocycles. The lowest BCUT2D eigenvalue weighted by Gasteiger charge is -2.39. The molecule has 2 N–H and O–H groups in total. The molecule has 0 saturated carbocycles. The number of likely N-dealkylation sites (tertiary alicyclic amines) is 1. The molecule has 96 valence electrons. The maximum absolute atomic E-state index is 11.0. The summed E-state index contributed by atoms with van der Waals surface area (Å²) in [7, 11) is -2.82. The summed E-state index contributed by atoms with van der Waals surface area (Å²) in [4.78, 5) is 2.36. The Labute approximate surface area is 99.1 Å². The summed E-state index contributed by atoms with van der Waals surface area (Å²) in [6.07, 6.45) is 4.47. The summed E-state index contributed by atoms with van der Waals surface area (Å²) < 4.78 is 22.1. The van der Waals surface area contributed by atoms with Gasteiger partial charge in [0.15, 0.2) is 0 Å². The van der Waals surface area contributed by atoms with Crippen molar-refractivity contribution in [1.29, 1.82) is 0 Å². The van der Waals surface area contributed by atoms with E-state index < -0.39 is 9.84 Å². The molecule has 1 rings (SSSR count). The highest BCUT2D eigenvalue weighted by Crippen LogP contribution is 2.22. The summed E-state index contributed by atoms with van der Waals surface area (Å²) in [6.45, 7) is 4.84. The predicted molar refractivity (Wildman–Crippen MR) is 67.1 cm³/mol. The Kier molecular flexibility index (Phi) is 5.21. The van der Waals surface area contributed by atoms with Crippen LogP contribution in [-0.2, 0) is 9.84 Å². The zero-order chi connectivity index (χ0) is 12.2. The molecule has 0 spiro atoms. The third kappa shape index (κ3) is 4.39. The maximum atomic E-state index is 11.0. The van der Waals surface area contributed by atoms with Crippen LogP contribution in [0.3, 0.4) is 0 Å². The maximum Gasteiger partial charge on any atom is 0.147 e. The highest BCUT2D eigenvalue weighted by molar-refractivity contribution is 7.90. The summed E-state index contributed by atoms with van der Waals surface area (Å²) in [6, 6.07) is 0.438. The van der Waals surface area contributed by atoms with E-state index in [2.05, 4.69) is 11.8 Å². The molecular formula is C11H24N2O2S. The molecule has 0 aromatic rings. The van der Waals surface area contributed by atoms with Crippen LogP contribution in [0.4, 0.5) is 0 Å². The molecule has 0 aromatic carbocycles. The van der Waals surface area contributed by atoms with Gasteiger partial charge in [-0.1, -0.05) is 6.92 Å². The van der Waals surface area contributed by atoms with E-state index in [0.29, 0.717) is 18.5 Å². The fourth-order valence-corrected chi connectivity index (χ4v) is 3.18. The molecule has 1 aliphatic rings. The molecule has 1 fully saturated rings. The molecule has 2 atom stereocenters. The Hall–Kier alpha value is -0.130. The first-order chi connectivity index (χ1) is 7.44. The van der Waals surface area contributed by atoms with Gasteiger partial charge in [-0.25, -0.2) is 8.42 Å². The van der Waals surface area contributed by atoms with Crippen LogP contribution >= 0.6 is 0 Å². The zero-order valence-electron chi connectivity index (χ0n) is 10.4. The fourth-order valence-electron chi connectivity index (χ4n) is 2.52. The first-order valence-electron chi connectivity index (χ1n) is 6.06. The molecule has 1 saturated heterocycles. The summed E-state index contributed by atoms with van der Waals surface area (Å²) in [5, 5.41) is 0. The van der Waals surface area contributed by atoms with Crippen molar-refractivity contribution in [2.45, 2.75) is 32.2 Å². The monoisotopic (exact) mass is 248 g/mol. The molecule has 2 unspecified atom stereocenters. The minimum Gasteiger partial charge on any atom is -0.329 e. The number of hydrogen-bond acceptors (Lipinski definition) is 4. The number of sulfone groups is 1. The van der Waals surface area contributed by atoms with E-state index in [1.165, 1.54) is 19.1 Å².